The van der Waals surface area contributed by atoms with E-state index in [-0.39, 0.29) is 15.9 Å². The minimum absolute atomic E-state index is 0.00570. The monoisotopic (exact) mass is 475 g/mol. The zero-order valence-corrected chi connectivity index (χ0v) is 19.5. The molecule has 1 aliphatic heterocycles. The van der Waals surface area contributed by atoms with Gasteiger partial charge in [-0.2, -0.15) is 0 Å². The van der Waals surface area contributed by atoms with Crippen LogP contribution in [0, 0.1) is 6.92 Å². The van der Waals surface area contributed by atoms with Crippen molar-refractivity contribution < 1.29 is 18.0 Å². The highest BCUT2D eigenvalue weighted by atomic mass is 32.2. The number of hydrogen-bond acceptors (Lipinski definition) is 7. The van der Waals surface area contributed by atoms with Gasteiger partial charge >= 0.3 is 0 Å². The van der Waals surface area contributed by atoms with Gasteiger partial charge < -0.3 is 4.90 Å². The third kappa shape index (κ3) is 4.56. The normalized spacial score (nSPS) is 14.1. The number of likely N-dealkylation sites (tertiary alicyclic amines) is 1. The van der Waals surface area contributed by atoms with Gasteiger partial charge in [-0.15, -0.1) is 22.7 Å². The van der Waals surface area contributed by atoms with Crippen molar-refractivity contribution in [2.45, 2.75) is 30.9 Å². The number of Topliss-reactive ketones (excluding diaryl/α,β-unsaturated/α-hetero) is 1. The van der Waals surface area contributed by atoms with E-state index in [0.717, 1.165) is 37.3 Å². The number of hydrogen-bond donors (Lipinski definition) is 1. The summed E-state index contributed by atoms with van der Waals surface area (Å²) in [6.07, 6.45) is 2.04. The Kier molecular flexibility index (Phi) is 5.96. The van der Waals surface area contributed by atoms with E-state index in [1.54, 1.807) is 36.6 Å². The minimum Gasteiger partial charge on any atom is -0.338 e. The molecule has 1 amide bonds. The summed E-state index contributed by atoms with van der Waals surface area (Å²) in [4.78, 5) is 31.2. The molecule has 162 valence electrons. The number of benzene rings is 1. The van der Waals surface area contributed by atoms with Gasteiger partial charge in [-0.3, -0.25) is 14.3 Å². The molecule has 1 aromatic carbocycles. The molecule has 1 aliphatic rings. The van der Waals surface area contributed by atoms with Crippen molar-refractivity contribution in [1.29, 1.82) is 0 Å². The summed E-state index contributed by atoms with van der Waals surface area (Å²) in [6, 6.07) is 7.93. The van der Waals surface area contributed by atoms with Crippen LogP contribution >= 0.6 is 22.7 Å². The van der Waals surface area contributed by atoms with Crippen molar-refractivity contribution in [3.63, 3.8) is 0 Å². The lowest BCUT2D eigenvalue weighted by Crippen LogP contribution is -2.27. The quantitative estimate of drug-likeness (QED) is 0.533. The highest BCUT2D eigenvalue weighted by Crippen LogP contribution is 2.34. The SMILES string of the molecule is CC(=O)c1cccc(NS(=O)(=O)c2cc(-c3nc(C)c(C(=O)N4CCCC4)s3)cs2)c1. The highest BCUT2D eigenvalue weighted by molar-refractivity contribution is 7.94. The Bertz CT molecular complexity index is 1250. The van der Waals surface area contributed by atoms with Crippen LogP contribution in [0.3, 0.4) is 0 Å². The van der Waals surface area contributed by atoms with Crippen LogP contribution in [0.5, 0.6) is 0 Å². The van der Waals surface area contributed by atoms with Crippen LogP contribution in [0.4, 0.5) is 5.69 Å². The lowest BCUT2D eigenvalue weighted by atomic mass is 10.1. The predicted molar refractivity (Wildman–Crippen MR) is 123 cm³/mol. The highest BCUT2D eigenvalue weighted by Gasteiger charge is 2.25. The van der Waals surface area contributed by atoms with E-state index >= 15 is 0 Å². The number of carbonyl (C=O) groups is 2. The lowest BCUT2D eigenvalue weighted by Gasteiger charge is -2.13. The molecule has 0 saturated carbocycles. The second-order valence-electron chi connectivity index (χ2n) is 7.33. The van der Waals surface area contributed by atoms with Crippen LogP contribution in [0.15, 0.2) is 39.9 Å². The van der Waals surface area contributed by atoms with Gasteiger partial charge in [0, 0.05) is 35.3 Å². The molecule has 0 spiro atoms. The molecule has 4 rings (SSSR count). The Morgan fingerprint density at radius 2 is 1.90 bits per heavy atom. The fraction of sp³-hybridized carbons (Fsp3) is 0.286. The molecule has 0 unspecified atom stereocenters. The number of thiophene rings is 1. The molecule has 10 heteroatoms. The molecule has 0 atom stereocenters. The van der Waals surface area contributed by atoms with Crippen molar-refractivity contribution in [3.05, 3.63) is 51.8 Å². The molecule has 7 nitrogen and oxygen atoms in total. The lowest BCUT2D eigenvalue weighted by molar-refractivity contribution is 0.0796. The number of carbonyl (C=O) groups excluding carboxylic acids is 2. The second kappa shape index (κ2) is 8.52. The predicted octanol–water partition coefficient (Wildman–Crippen LogP) is 4.42. The van der Waals surface area contributed by atoms with Gasteiger partial charge in [0.25, 0.3) is 15.9 Å². The molecular weight excluding hydrogens is 454 g/mol. The smallest absolute Gasteiger partial charge is 0.271 e. The Labute approximate surface area is 188 Å². The Morgan fingerprint density at radius 3 is 2.61 bits per heavy atom. The molecule has 1 saturated heterocycles. The van der Waals surface area contributed by atoms with Gasteiger partial charge in [0.2, 0.25) is 0 Å². The second-order valence-corrected chi connectivity index (χ2v) is 11.1. The van der Waals surface area contributed by atoms with E-state index in [0.29, 0.717) is 32.4 Å². The number of rotatable bonds is 6. The van der Waals surface area contributed by atoms with E-state index in [4.69, 9.17) is 0 Å². The number of anilines is 1. The average Bonchev–Trinajstić information content (AvgIpc) is 3.48. The van der Waals surface area contributed by atoms with Crippen LogP contribution in [0.25, 0.3) is 10.6 Å². The van der Waals surface area contributed by atoms with Crippen molar-refractivity contribution in [2.24, 2.45) is 0 Å². The summed E-state index contributed by atoms with van der Waals surface area (Å²) in [5.74, 6) is -0.147. The van der Waals surface area contributed by atoms with Gasteiger partial charge in [-0.25, -0.2) is 13.4 Å². The Balaban J connectivity index is 1.56. The maximum absolute atomic E-state index is 12.8. The fourth-order valence-electron chi connectivity index (χ4n) is 3.36. The molecular formula is C21H21N3O4S3. The van der Waals surface area contributed by atoms with Crippen LogP contribution in [0.1, 0.15) is 45.5 Å². The van der Waals surface area contributed by atoms with E-state index in [9.17, 15) is 18.0 Å². The van der Waals surface area contributed by atoms with Gasteiger partial charge in [0.15, 0.2) is 5.78 Å². The topological polar surface area (TPSA) is 96.4 Å². The van der Waals surface area contributed by atoms with Crippen LogP contribution in [-0.2, 0) is 10.0 Å². The summed E-state index contributed by atoms with van der Waals surface area (Å²) in [7, 11) is -3.82. The minimum atomic E-state index is -3.82. The fourth-order valence-corrected chi connectivity index (χ4v) is 6.67. The number of ketones is 1. The largest absolute Gasteiger partial charge is 0.338 e. The summed E-state index contributed by atoms with van der Waals surface area (Å²) in [5, 5.41) is 2.35. The van der Waals surface area contributed by atoms with Crippen LogP contribution < -0.4 is 4.72 Å². The third-order valence-corrected chi connectivity index (χ3v) is 9.01. The third-order valence-electron chi connectivity index (χ3n) is 4.99. The van der Waals surface area contributed by atoms with Gasteiger partial charge in [0.1, 0.15) is 14.1 Å². The number of nitrogens with one attached hydrogen (secondary N) is 1. The molecule has 0 aliphatic carbocycles. The van der Waals surface area contributed by atoms with Crippen molar-refractivity contribution in [2.75, 3.05) is 17.8 Å². The number of aromatic nitrogens is 1. The molecule has 31 heavy (non-hydrogen) atoms. The first-order valence-electron chi connectivity index (χ1n) is 9.74. The first kappa shape index (κ1) is 21.7. The number of sulfonamides is 1. The van der Waals surface area contributed by atoms with Crippen LogP contribution in [0.2, 0.25) is 0 Å². The maximum atomic E-state index is 12.8. The molecule has 1 N–H and O–H groups in total. The van der Waals surface area contributed by atoms with Crippen molar-refractivity contribution in [1.82, 2.24) is 9.88 Å². The zero-order chi connectivity index (χ0) is 22.2. The summed E-state index contributed by atoms with van der Waals surface area (Å²) in [6.45, 7) is 4.76. The number of thiazole rings is 1. The average molecular weight is 476 g/mol. The Hall–Kier alpha value is -2.56. The number of nitrogens with zero attached hydrogens (tertiary/aromatic N) is 2. The molecule has 2 aromatic heterocycles. The van der Waals surface area contributed by atoms with Gasteiger partial charge in [-0.1, -0.05) is 12.1 Å². The standard InChI is InChI=1S/C21H21N3O4S3/c1-13-19(21(26)24-8-3-4-9-24)30-20(22-13)16-11-18(29-12-16)31(27,28)23-17-7-5-6-15(10-17)14(2)25/h5-7,10-12,23H,3-4,8-9H2,1-2H3. The van der Waals surface area contributed by atoms with Gasteiger partial charge in [-0.05, 0) is 44.9 Å². The zero-order valence-electron chi connectivity index (χ0n) is 17.0. The van der Waals surface area contributed by atoms with Crippen LogP contribution in [-0.4, -0.2) is 43.1 Å². The first-order valence-corrected chi connectivity index (χ1v) is 12.9. The molecule has 0 bridgehead atoms. The number of aryl methyl sites for hydroxylation is 1. The number of amides is 1. The van der Waals surface area contributed by atoms with E-state index in [2.05, 4.69) is 9.71 Å². The Morgan fingerprint density at radius 1 is 1.16 bits per heavy atom. The van der Waals surface area contributed by atoms with E-state index in [1.807, 2.05) is 4.90 Å². The van der Waals surface area contributed by atoms with E-state index in [1.165, 1.54) is 24.3 Å². The molecule has 3 heterocycles. The molecule has 0 radical (unpaired) electrons. The van der Waals surface area contributed by atoms with Crippen molar-refractivity contribution in [3.8, 4) is 10.6 Å². The first-order chi connectivity index (χ1) is 14.7. The molecule has 3 aromatic rings. The summed E-state index contributed by atoms with van der Waals surface area (Å²) >= 11 is 2.38. The van der Waals surface area contributed by atoms with Gasteiger partial charge in [0.05, 0.1) is 5.69 Å². The summed E-state index contributed by atoms with van der Waals surface area (Å²) in [5.41, 5.74) is 2.08. The molecule has 1 fully saturated rings. The van der Waals surface area contributed by atoms with Crippen molar-refractivity contribution >= 4 is 50.1 Å². The maximum Gasteiger partial charge on any atom is 0.271 e. The van der Waals surface area contributed by atoms with E-state index < -0.39 is 10.0 Å². The summed E-state index contributed by atoms with van der Waals surface area (Å²) < 4.78 is 28.3.